The predicted octanol–water partition coefficient (Wildman–Crippen LogP) is 5.28. The van der Waals surface area contributed by atoms with Crippen molar-refractivity contribution in [3.8, 4) is 5.75 Å². The minimum absolute atomic E-state index is 0.0963. The van der Waals surface area contributed by atoms with E-state index in [1.807, 2.05) is 24.3 Å². The molecule has 0 aliphatic heterocycles. The monoisotopic (exact) mass is 423 g/mol. The first-order valence-electron chi connectivity index (χ1n) is 7.96. The maximum atomic E-state index is 12.4. The highest BCUT2D eigenvalue weighted by Gasteiger charge is 2.09. The zero-order valence-corrected chi connectivity index (χ0v) is 15.7. The van der Waals surface area contributed by atoms with Crippen LogP contribution in [0.3, 0.4) is 0 Å². The first kappa shape index (κ1) is 17.8. The van der Waals surface area contributed by atoms with Crippen molar-refractivity contribution in [1.29, 1.82) is 0 Å². The van der Waals surface area contributed by atoms with Gasteiger partial charge in [0, 0.05) is 14.8 Å². The number of carbonyl (C=O) groups excluding carboxylic acids is 1. The largest absolute Gasteiger partial charge is 0.494 e. The molecule has 0 saturated carbocycles. The summed E-state index contributed by atoms with van der Waals surface area (Å²) in [4.78, 5) is 12.4. The van der Waals surface area contributed by atoms with Crippen LogP contribution in [0.2, 0.25) is 0 Å². The average Bonchev–Trinajstić information content (AvgIpc) is 2.57. The zero-order valence-electron chi connectivity index (χ0n) is 13.6. The molecule has 0 atom stereocenters. The van der Waals surface area contributed by atoms with Gasteiger partial charge in [-0.1, -0.05) is 20.3 Å². The molecule has 3 nitrogen and oxygen atoms in total. The van der Waals surface area contributed by atoms with Gasteiger partial charge in [0.2, 0.25) is 0 Å². The Balaban J connectivity index is 2.03. The molecule has 23 heavy (non-hydrogen) atoms. The van der Waals surface area contributed by atoms with Crippen LogP contribution in [-0.4, -0.2) is 12.5 Å². The van der Waals surface area contributed by atoms with E-state index in [9.17, 15) is 4.79 Å². The molecule has 0 aliphatic carbocycles. The van der Waals surface area contributed by atoms with Crippen molar-refractivity contribution >= 4 is 34.2 Å². The number of hydrogen-bond acceptors (Lipinski definition) is 2. The van der Waals surface area contributed by atoms with Gasteiger partial charge < -0.3 is 10.1 Å². The van der Waals surface area contributed by atoms with Gasteiger partial charge in [-0.25, -0.2) is 0 Å². The minimum Gasteiger partial charge on any atom is -0.494 e. The van der Waals surface area contributed by atoms with Crippen LogP contribution in [0.1, 0.15) is 42.6 Å². The fourth-order valence-electron chi connectivity index (χ4n) is 2.21. The highest BCUT2D eigenvalue weighted by molar-refractivity contribution is 14.1. The van der Waals surface area contributed by atoms with Crippen molar-refractivity contribution in [2.24, 2.45) is 0 Å². The molecule has 0 aliphatic rings. The number of hydrogen-bond donors (Lipinski definition) is 1. The summed E-state index contributed by atoms with van der Waals surface area (Å²) in [6, 6.07) is 13.4. The number of benzene rings is 2. The van der Waals surface area contributed by atoms with Crippen LogP contribution in [-0.2, 0) is 6.42 Å². The molecule has 0 saturated heterocycles. The predicted molar refractivity (Wildman–Crippen MR) is 103 cm³/mol. The summed E-state index contributed by atoms with van der Waals surface area (Å²) in [5.41, 5.74) is 2.65. The van der Waals surface area contributed by atoms with Gasteiger partial charge in [0.05, 0.1) is 6.61 Å². The van der Waals surface area contributed by atoms with E-state index in [0.29, 0.717) is 12.2 Å². The number of carbonyl (C=O) groups is 1. The van der Waals surface area contributed by atoms with Crippen molar-refractivity contribution in [2.75, 3.05) is 11.9 Å². The molecule has 0 heterocycles. The first-order chi connectivity index (χ1) is 11.1. The van der Waals surface area contributed by atoms with E-state index in [1.165, 1.54) is 3.57 Å². The smallest absolute Gasteiger partial charge is 0.255 e. The molecule has 0 bridgehead atoms. The molecule has 0 fully saturated rings. The first-order valence-corrected chi connectivity index (χ1v) is 9.04. The van der Waals surface area contributed by atoms with Gasteiger partial charge >= 0.3 is 0 Å². The summed E-state index contributed by atoms with van der Waals surface area (Å²) < 4.78 is 6.79. The molecule has 0 unspecified atom stereocenters. The summed E-state index contributed by atoms with van der Waals surface area (Å²) in [6.45, 7) is 4.93. The number of nitrogens with one attached hydrogen (secondary N) is 1. The maximum Gasteiger partial charge on any atom is 0.255 e. The third-order valence-electron chi connectivity index (χ3n) is 3.58. The Morgan fingerprint density at radius 1 is 1.13 bits per heavy atom. The number of halogens is 1. The lowest BCUT2D eigenvalue weighted by Crippen LogP contribution is -2.13. The fourth-order valence-corrected chi connectivity index (χ4v) is 2.76. The lowest BCUT2D eigenvalue weighted by Gasteiger charge is -2.11. The Kier molecular flexibility index (Phi) is 6.89. The van der Waals surface area contributed by atoms with E-state index in [-0.39, 0.29) is 5.91 Å². The minimum atomic E-state index is -0.0963. The zero-order chi connectivity index (χ0) is 16.7. The normalized spacial score (nSPS) is 10.4. The molecule has 4 heteroatoms. The van der Waals surface area contributed by atoms with Crippen LogP contribution in [0, 0.1) is 3.57 Å². The van der Waals surface area contributed by atoms with Gasteiger partial charge in [-0.2, -0.15) is 0 Å². The highest BCUT2D eigenvalue weighted by Crippen LogP contribution is 2.21. The van der Waals surface area contributed by atoms with Gasteiger partial charge in [0.15, 0.2) is 0 Å². The Morgan fingerprint density at radius 3 is 2.52 bits per heavy atom. The third-order valence-corrected chi connectivity index (χ3v) is 4.25. The van der Waals surface area contributed by atoms with Crippen molar-refractivity contribution in [2.45, 2.75) is 33.1 Å². The van der Waals surface area contributed by atoms with E-state index in [4.69, 9.17) is 4.74 Å². The Labute approximate surface area is 151 Å². The number of aryl methyl sites for hydroxylation is 1. The highest BCUT2D eigenvalue weighted by atomic mass is 127. The van der Waals surface area contributed by atoms with Crippen molar-refractivity contribution in [3.05, 3.63) is 57.2 Å². The van der Waals surface area contributed by atoms with E-state index < -0.39 is 0 Å². The SMILES string of the molecule is CCCCOc1ccc(C(=O)Nc2ccc(I)cc2CC)cc1. The summed E-state index contributed by atoms with van der Waals surface area (Å²) >= 11 is 2.28. The van der Waals surface area contributed by atoms with Crippen LogP contribution in [0.15, 0.2) is 42.5 Å². The third kappa shape index (κ3) is 5.23. The molecular formula is C19H22INO2. The Morgan fingerprint density at radius 2 is 1.87 bits per heavy atom. The fraction of sp³-hybridized carbons (Fsp3) is 0.316. The molecule has 122 valence electrons. The van der Waals surface area contributed by atoms with Crippen molar-refractivity contribution in [1.82, 2.24) is 0 Å². The van der Waals surface area contributed by atoms with Crippen molar-refractivity contribution in [3.63, 3.8) is 0 Å². The quantitative estimate of drug-likeness (QED) is 0.486. The van der Waals surface area contributed by atoms with E-state index in [1.54, 1.807) is 12.1 Å². The molecule has 1 amide bonds. The Hall–Kier alpha value is -1.56. The lowest BCUT2D eigenvalue weighted by molar-refractivity contribution is 0.102. The number of amides is 1. The summed E-state index contributed by atoms with van der Waals surface area (Å²) in [6.07, 6.45) is 3.03. The Bertz CT molecular complexity index is 653. The second-order valence-corrected chi connectivity index (χ2v) is 6.58. The van der Waals surface area contributed by atoms with Gasteiger partial charge in [-0.3, -0.25) is 4.79 Å². The topological polar surface area (TPSA) is 38.3 Å². The number of unbranched alkanes of at least 4 members (excludes halogenated alkanes) is 1. The molecule has 0 radical (unpaired) electrons. The van der Waals surface area contributed by atoms with E-state index in [0.717, 1.165) is 36.3 Å². The van der Waals surface area contributed by atoms with Crippen LogP contribution >= 0.6 is 22.6 Å². The molecule has 2 aromatic rings. The van der Waals surface area contributed by atoms with Crippen LogP contribution in [0.25, 0.3) is 0 Å². The van der Waals surface area contributed by atoms with Crippen LogP contribution < -0.4 is 10.1 Å². The lowest BCUT2D eigenvalue weighted by atomic mass is 10.1. The molecule has 2 aromatic carbocycles. The van der Waals surface area contributed by atoms with Gasteiger partial charge in [-0.15, -0.1) is 0 Å². The van der Waals surface area contributed by atoms with Crippen molar-refractivity contribution < 1.29 is 9.53 Å². The van der Waals surface area contributed by atoms with E-state index >= 15 is 0 Å². The van der Waals surface area contributed by atoms with Gasteiger partial charge in [0.25, 0.3) is 5.91 Å². The van der Waals surface area contributed by atoms with Gasteiger partial charge in [-0.05, 0) is 83.5 Å². The van der Waals surface area contributed by atoms with Crippen LogP contribution in [0.4, 0.5) is 5.69 Å². The number of anilines is 1. The maximum absolute atomic E-state index is 12.4. The molecule has 0 spiro atoms. The summed E-state index contributed by atoms with van der Waals surface area (Å²) in [5, 5.41) is 2.99. The molecule has 1 N–H and O–H groups in total. The summed E-state index contributed by atoms with van der Waals surface area (Å²) in [7, 11) is 0. The molecular weight excluding hydrogens is 401 g/mol. The molecule has 0 aromatic heterocycles. The second-order valence-electron chi connectivity index (χ2n) is 5.34. The molecule has 2 rings (SSSR count). The number of rotatable bonds is 7. The standard InChI is InChI=1S/C19H22INO2/c1-3-5-12-23-17-9-6-15(7-10-17)19(22)21-18-11-8-16(20)13-14(18)4-2/h6-11,13H,3-5,12H2,1-2H3,(H,21,22). The second kappa shape index (κ2) is 8.91. The van der Waals surface area contributed by atoms with Gasteiger partial charge in [0.1, 0.15) is 5.75 Å². The average molecular weight is 423 g/mol. The van der Waals surface area contributed by atoms with E-state index in [2.05, 4.69) is 47.8 Å². The number of ether oxygens (including phenoxy) is 1. The summed E-state index contributed by atoms with van der Waals surface area (Å²) in [5.74, 6) is 0.708. The van der Waals surface area contributed by atoms with Crippen LogP contribution in [0.5, 0.6) is 5.75 Å².